The van der Waals surface area contributed by atoms with E-state index in [2.05, 4.69) is 21.2 Å². The second kappa shape index (κ2) is 10.7. The summed E-state index contributed by atoms with van der Waals surface area (Å²) >= 11 is 15.9. The number of carbonyl (C=O) groups excluding carboxylic acids is 1. The molecule has 0 aliphatic carbocycles. The quantitative estimate of drug-likeness (QED) is 0.271. The molecule has 0 saturated carbocycles. The first-order valence-corrected chi connectivity index (χ1v) is 11.2. The topological polar surface area (TPSA) is 62.1 Å². The van der Waals surface area contributed by atoms with Gasteiger partial charge in [-0.2, -0.15) is 5.26 Å². The van der Waals surface area contributed by atoms with Gasteiger partial charge >= 0.3 is 0 Å². The molecule has 32 heavy (non-hydrogen) atoms. The van der Waals surface area contributed by atoms with Gasteiger partial charge in [0.05, 0.1) is 7.11 Å². The van der Waals surface area contributed by atoms with Crippen molar-refractivity contribution in [1.29, 1.82) is 5.26 Å². The second-order valence-corrected chi connectivity index (χ2v) is 8.73. The van der Waals surface area contributed by atoms with Gasteiger partial charge in [0, 0.05) is 32.2 Å². The fraction of sp³-hybridized carbons (Fsp3) is 0.120. The summed E-state index contributed by atoms with van der Waals surface area (Å²) in [6, 6.07) is 18.4. The number of benzene rings is 3. The molecule has 7 heteroatoms. The van der Waals surface area contributed by atoms with Gasteiger partial charge in [-0.1, -0.05) is 63.4 Å². The van der Waals surface area contributed by atoms with Crippen LogP contribution < -0.4 is 10.1 Å². The molecule has 0 bridgehead atoms. The molecule has 0 radical (unpaired) electrons. The van der Waals surface area contributed by atoms with E-state index in [9.17, 15) is 10.1 Å². The fourth-order valence-electron chi connectivity index (χ4n) is 3.13. The maximum atomic E-state index is 12.7. The number of nitrogens with zero attached hydrogens (tertiary/aromatic N) is 1. The molecule has 0 spiro atoms. The Morgan fingerprint density at radius 2 is 1.94 bits per heavy atom. The lowest BCUT2D eigenvalue weighted by Gasteiger charge is -2.13. The SMILES string of the molecule is COc1cc(/C=C(\C#N)C(=O)Nc2cc(Cl)ccc2C)cc(Br)c1Cc1ccccc1Cl. The van der Waals surface area contributed by atoms with Crippen LogP contribution in [-0.4, -0.2) is 13.0 Å². The third kappa shape index (κ3) is 5.72. The molecule has 0 unspecified atom stereocenters. The van der Waals surface area contributed by atoms with Crippen LogP contribution in [0.5, 0.6) is 5.75 Å². The maximum Gasteiger partial charge on any atom is 0.266 e. The summed E-state index contributed by atoms with van der Waals surface area (Å²) in [6.07, 6.45) is 2.08. The van der Waals surface area contributed by atoms with Gasteiger partial charge in [0.2, 0.25) is 0 Å². The van der Waals surface area contributed by atoms with Crippen LogP contribution in [0.15, 0.2) is 64.6 Å². The molecule has 4 nitrogen and oxygen atoms in total. The molecule has 3 aromatic carbocycles. The third-order valence-electron chi connectivity index (χ3n) is 4.85. The number of halogens is 3. The predicted molar refractivity (Wildman–Crippen MR) is 133 cm³/mol. The van der Waals surface area contributed by atoms with E-state index in [1.54, 1.807) is 31.4 Å². The highest BCUT2D eigenvalue weighted by Crippen LogP contribution is 2.33. The van der Waals surface area contributed by atoms with E-state index in [4.69, 9.17) is 27.9 Å². The lowest BCUT2D eigenvalue weighted by Crippen LogP contribution is -2.14. The van der Waals surface area contributed by atoms with Crippen molar-refractivity contribution in [2.75, 3.05) is 12.4 Å². The number of aryl methyl sites for hydroxylation is 1. The molecule has 0 aromatic heterocycles. The monoisotopic (exact) mass is 528 g/mol. The Hall–Kier alpha value is -2.78. The zero-order chi connectivity index (χ0) is 23.3. The Morgan fingerprint density at radius 3 is 2.62 bits per heavy atom. The summed E-state index contributed by atoms with van der Waals surface area (Å²) < 4.78 is 6.36. The molecule has 0 heterocycles. The highest BCUT2D eigenvalue weighted by molar-refractivity contribution is 9.10. The van der Waals surface area contributed by atoms with Crippen LogP contribution >= 0.6 is 39.1 Å². The molecular formula is C25H19BrCl2N2O2. The predicted octanol–water partition coefficient (Wildman–Crippen LogP) is 7.21. The van der Waals surface area contributed by atoms with Crippen LogP contribution in [0.3, 0.4) is 0 Å². The first kappa shape index (κ1) is 23.9. The molecular weight excluding hydrogens is 511 g/mol. The van der Waals surface area contributed by atoms with Crippen molar-refractivity contribution in [3.05, 3.63) is 96.9 Å². The van der Waals surface area contributed by atoms with Crippen molar-refractivity contribution in [3.8, 4) is 11.8 Å². The van der Waals surface area contributed by atoms with Crippen molar-refractivity contribution in [3.63, 3.8) is 0 Å². The van der Waals surface area contributed by atoms with Crippen molar-refractivity contribution >= 4 is 56.8 Å². The third-order valence-corrected chi connectivity index (χ3v) is 6.16. The molecule has 1 amide bonds. The van der Waals surface area contributed by atoms with Crippen molar-refractivity contribution < 1.29 is 9.53 Å². The van der Waals surface area contributed by atoms with E-state index in [1.165, 1.54) is 6.08 Å². The molecule has 0 aliphatic heterocycles. The number of hydrogen-bond donors (Lipinski definition) is 1. The number of methoxy groups -OCH3 is 1. The van der Waals surface area contributed by atoms with Gasteiger partial charge in [-0.05, 0) is 60.0 Å². The molecule has 0 aliphatic rings. The lowest BCUT2D eigenvalue weighted by atomic mass is 10.0. The minimum atomic E-state index is -0.520. The van der Waals surface area contributed by atoms with Crippen LogP contribution in [0.4, 0.5) is 5.69 Å². The first-order valence-electron chi connectivity index (χ1n) is 9.61. The number of rotatable bonds is 6. The smallest absolute Gasteiger partial charge is 0.266 e. The second-order valence-electron chi connectivity index (χ2n) is 7.03. The van der Waals surface area contributed by atoms with Crippen LogP contribution in [0.2, 0.25) is 10.0 Å². The first-order chi connectivity index (χ1) is 15.3. The average Bonchev–Trinajstić information content (AvgIpc) is 2.77. The molecule has 0 saturated heterocycles. The summed E-state index contributed by atoms with van der Waals surface area (Å²) in [7, 11) is 1.57. The van der Waals surface area contributed by atoms with Gasteiger partial charge in [-0.3, -0.25) is 4.79 Å². The number of amides is 1. The normalized spacial score (nSPS) is 11.1. The summed E-state index contributed by atoms with van der Waals surface area (Å²) in [5.41, 5.74) is 3.87. The number of hydrogen-bond acceptors (Lipinski definition) is 3. The van der Waals surface area contributed by atoms with E-state index in [-0.39, 0.29) is 5.57 Å². The zero-order valence-corrected chi connectivity index (χ0v) is 20.5. The highest BCUT2D eigenvalue weighted by Gasteiger charge is 2.15. The van der Waals surface area contributed by atoms with Gasteiger partial charge < -0.3 is 10.1 Å². The number of nitriles is 1. The number of nitrogens with one attached hydrogen (secondary N) is 1. The Labute approximate surface area is 205 Å². The van der Waals surface area contributed by atoms with Crippen molar-refractivity contribution in [2.24, 2.45) is 0 Å². The summed E-state index contributed by atoms with van der Waals surface area (Å²) in [5.74, 6) is 0.0991. The number of anilines is 1. The molecule has 0 atom stereocenters. The van der Waals surface area contributed by atoms with Crippen LogP contribution in [-0.2, 0) is 11.2 Å². The van der Waals surface area contributed by atoms with Crippen LogP contribution in [0.1, 0.15) is 22.3 Å². The molecule has 3 aromatic rings. The molecule has 1 N–H and O–H groups in total. The zero-order valence-electron chi connectivity index (χ0n) is 17.4. The van der Waals surface area contributed by atoms with Crippen LogP contribution in [0.25, 0.3) is 6.08 Å². The fourth-order valence-corrected chi connectivity index (χ4v) is 4.11. The van der Waals surface area contributed by atoms with Gasteiger partial charge in [0.15, 0.2) is 0 Å². The largest absolute Gasteiger partial charge is 0.496 e. The van der Waals surface area contributed by atoms with Gasteiger partial charge in [0.25, 0.3) is 5.91 Å². The summed E-state index contributed by atoms with van der Waals surface area (Å²) in [4.78, 5) is 12.7. The van der Waals surface area contributed by atoms with E-state index in [1.807, 2.05) is 43.3 Å². The number of carbonyl (C=O) groups is 1. The molecule has 3 rings (SSSR count). The van der Waals surface area contributed by atoms with Gasteiger partial charge in [-0.15, -0.1) is 0 Å². The summed E-state index contributed by atoms with van der Waals surface area (Å²) in [6.45, 7) is 1.85. The van der Waals surface area contributed by atoms with E-state index < -0.39 is 5.91 Å². The average molecular weight is 530 g/mol. The lowest BCUT2D eigenvalue weighted by molar-refractivity contribution is -0.112. The minimum Gasteiger partial charge on any atom is -0.496 e. The van der Waals surface area contributed by atoms with Crippen LogP contribution in [0, 0.1) is 18.3 Å². The van der Waals surface area contributed by atoms with Crippen molar-refractivity contribution in [2.45, 2.75) is 13.3 Å². The molecule has 162 valence electrons. The molecule has 0 fully saturated rings. The van der Waals surface area contributed by atoms with Gasteiger partial charge in [-0.25, -0.2) is 0 Å². The van der Waals surface area contributed by atoms with E-state index >= 15 is 0 Å². The highest BCUT2D eigenvalue weighted by atomic mass is 79.9. The Morgan fingerprint density at radius 1 is 1.19 bits per heavy atom. The van der Waals surface area contributed by atoms with Gasteiger partial charge in [0.1, 0.15) is 17.4 Å². The Kier molecular flexibility index (Phi) is 7.98. The Balaban J connectivity index is 1.91. The summed E-state index contributed by atoms with van der Waals surface area (Å²) in [5, 5.41) is 13.5. The minimum absolute atomic E-state index is 0.0443. The maximum absolute atomic E-state index is 12.7. The van der Waals surface area contributed by atoms with Crippen molar-refractivity contribution in [1.82, 2.24) is 0 Å². The Bertz CT molecular complexity index is 1250. The number of ether oxygens (including phenoxy) is 1. The van der Waals surface area contributed by atoms with E-state index in [0.717, 1.165) is 21.2 Å². The standard InChI is InChI=1S/C25H19BrCl2N2O2/c1-15-7-8-19(27)13-23(15)30-25(31)18(14-29)9-16-10-21(26)20(24(11-16)32-2)12-17-5-3-4-6-22(17)28/h3-11,13H,12H2,1-2H3,(H,30,31)/b18-9+. The van der Waals surface area contributed by atoms with E-state index in [0.29, 0.717) is 33.5 Å².